The second-order valence-corrected chi connectivity index (χ2v) is 9.04. The fourth-order valence-corrected chi connectivity index (χ4v) is 5.14. The van der Waals surface area contributed by atoms with E-state index in [9.17, 15) is 9.18 Å². The van der Waals surface area contributed by atoms with Gasteiger partial charge < -0.3 is 10.3 Å². The van der Waals surface area contributed by atoms with Crippen LogP contribution in [-0.4, -0.2) is 36.4 Å². The summed E-state index contributed by atoms with van der Waals surface area (Å²) in [5.41, 5.74) is 3.26. The van der Waals surface area contributed by atoms with Crippen molar-refractivity contribution in [2.75, 3.05) is 20.6 Å². The molecule has 164 valence electrons. The van der Waals surface area contributed by atoms with Crippen LogP contribution in [0.4, 0.5) is 4.39 Å². The average molecular weight is 422 g/mol. The molecule has 31 heavy (non-hydrogen) atoms. The minimum Gasteiger partial charge on any atom is -0.361 e. The molecule has 2 N–H and O–H groups in total. The largest absolute Gasteiger partial charge is 0.361 e. The molecule has 1 fully saturated rings. The van der Waals surface area contributed by atoms with Crippen molar-refractivity contribution in [1.29, 1.82) is 0 Å². The summed E-state index contributed by atoms with van der Waals surface area (Å²) in [7, 11) is 4.14. The minimum absolute atomic E-state index is 0.132. The van der Waals surface area contributed by atoms with Crippen LogP contribution in [0.3, 0.4) is 0 Å². The highest BCUT2D eigenvalue weighted by Crippen LogP contribution is 2.44. The molecule has 5 heteroatoms. The van der Waals surface area contributed by atoms with Gasteiger partial charge in [0, 0.05) is 35.6 Å². The molecule has 1 amide bonds. The van der Waals surface area contributed by atoms with Crippen molar-refractivity contribution in [1.82, 2.24) is 15.2 Å². The van der Waals surface area contributed by atoms with Gasteiger partial charge in [0.15, 0.2) is 0 Å². The number of nitrogens with zero attached hydrogens (tertiary/aromatic N) is 1. The number of aromatic nitrogens is 1. The Hall–Kier alpha value is -2.66. The molecule has 2 aromatic carbocycles. The van der Waals surface area contributed by atoms with Gasteiger partial charge in [0.05, 0.1) is 0 Å². The summed E-state index contributed by atoms with van der Waals surface area (Å²) < 4.78 is 13.8. The number of hydrogen-bond acceptors (Lipinski definition) is 2. The summed E-state index contributed by atoms with van der Waals surface area (Å²) >= 11 is 0. The third-order valence-electron chi connectivity index (χ3n) is 7.02. The van der Waals surface area contributed by atoms with Crippen LogP contribution in [0.1, 0.15) is 43.2 Å². The van der Waals surface area contributed by atoms with E-state index in [1.807, 2.05) is 24.4 Å². The summed E-state index contributed by atoms with van der Waals surface area (Å²) in [5.74, 6) is 0.332. The number of rotatable bonds is 7. The molecule has 0 aliphatic heterocycles. The van der Waals surface area contributed by atoms with Crippen molar-refractivity contribution in [2.45, 2.75) is 44.1 Å². The van der Waals surface area contributed by atoms with Gasteiger partial charge in [0.1, 0.15) is 5.82 Å². The lowest BCUT2D eigenvalue weighted by molar-refractivity contribution is -0.122. The zero-order valence-electron chi connectivity index (χ0n) is 18.5. The first-order chi connectivity index (χ1) is 15.0. The molecule has 0 bridgehead atoms. The summed E-state index contributed by atoms with van der Waals surface area (Å²) in [6.45, 7) is 0.651. The number of aromatic amines is 1. The molecule has 1 aromatic heterocycles. The van der Waals surface area contributed by atoms with E-state index in [1.165, 1.54) is 17.0 Å². The van der Waals surface area contributed by atoms with Crippen LogP contribution >= 0.6 is 0 Å². The Balaban J connectivity index is 1.28. The number of hydrogen-bond donors (Lipinski definition) is 2. The fraction of sp³-hybridized carbons (Fsp3) is 0.423. The first-order valence-electron chi connectivity index (χ1n) is 11.2. The number of para-hydroxylation sites is 1. The molecule has 4 rings (SSSR count). The Labute approximate surface area is 183 Å². The van der Waals surface area contributed by atoms with Crippen molar-refractivity contribution in [3.63, 3.8) is 0 Å². The second-order valence-electron chi connectivity index (χ2n) is 9.04. The third kappa shape index (κ3) is 4.67. The Bertz CT molecular complexity index is 1030. The highest BCUT2D eigenvalue weighted by Gasteiger charge is 2.39. The van der Waals surface area contributed by atoms with Gasteiger partial charge in [-0.3, -0.25) is 9.69 Å². The van der Waals surface area contributed by atoms with E-state index in [0.717, 1.165) is 43.2 Å². The summed E-state index contributed by atoms with van der Waals surface area (Å²) in [6.07, 6.45) is 7.26. The first-order valence-corrected chi connectivity index (χ1v) is 11.2. The number of halogens is 1. The lowest BCUT2D eigenvalue weighted by Gasteiger charge is -2.45. The molecule has 0 spiro atoms. The lowest BCUT2D eigenvalue weighted by Crippen LogP contribution is -2.45. The monoisotopic (exact) mass is 421 g/mol. The maximum atomic E-state index is 13.8. The SMILES string of the molecule is CN(C)C1(c2cccc(F)c2)CCC(CC(=O)NCCc2c[nH]c3ccccc23)CC1. The number of benzene rings is 2. The average Bonchev–Trinajstić information content (AvgIpc) is 3.17. The third-order valence-corrected chi connectivity index (χ3v) is 7.02. The minimum atomic E-state index is -0.185. The number of carbonyl (C=O) groups is 1. The summed E-state index contributed by atoms with van der Waals surface area (Å²) in [4.78, 5) is 18.0. The van der Waals surface area contributed by atoms with Gasteiger partial charge in [-0.25, -0.2) is 4.39 Å². The van der Waals surface area contributed by atoms with Crippen LogP contribution in [0.5, 0.6) is 0 Å². The van der Waals surface area contributed by atoms with Crippen LogP contribution < -0.4 is 5.32 Å². The number of nitrogens with one attached hydrogen (secondary N) is 2. The van der Waals surface area contributed by atoms with Crippen LogP contribution in [-0.2, 0) is 16.8 Å². The molecule has 0 radical (unpaired) electrons. The topological polar surface area (TPSA) is 48.1 Å². The van der Waals surface area contributed by atoms with E-state index in [2.05, 4.69) is 41.4 Å². The number of H-pyrrole nitrogens is 1. The maximum absolute atomic E-state index is 13.8. The highest BCUT2D eigenvalue weighted by molar-refractivity contribution is 5.83. The van der Waals surface area contributed by atoms with Crippen molar-refractivity contribution in [3.05, 3.63) is 71.7 Å². The maximum Gasteiger partial charge on any atom is 0.220 e. The number of carbonyl (C=O) groups excluding carboxylic acids is 1. The first kappa shape index (κ1) is 21.6. The van der Waals surface area contributed by atoms with Gasteiger partial charge in [0.2, 0.25) is 5.91 Å². The van der Waals surface area contributed by atoms with E-state index in [1.54, 1.807) is 12.1 Å². The van der Waals surface area contributed by atoms with Gasteiger partial charge >= 0.3 is 0 Å². The molecule has 0 saturated heterocycles. The Morgan fingerprint density at radius 3 is 2.68 bits per heavy atom. The van der Waals surface area contributed by atoms with Gasteiger partial charge in [-0.05, 0) is 81.4 Å². The summed E-state index contributed by atoms with van der Waals surface area (Å²) in [5, 5.41) is 4.33. The zero-order valence-corrected chi connectivity index (χ0v) is 18.5. The molecule has 0 unspecified atom stereocenters. The van der Waals surface area contributed by atoms with Crippen molar-refractivity contribution in [2.24, 2.45) is 5.92 Å². The molecule has 3 aromatic rings. The molecule has 4 nitrogen and oxygen atoms in total. The normalized spacial score (nSPS) is 21.5. The van der Waals surface area contributed by atoms with Crippen molar-refractivity contribution >= 4 is 16.8 Å². The van der Waals surface area contributed by atoms with Crippen LogP contribution in [0.2, 0.25) is 0 Å². The second kappa shape index (κ2) is 9.23. The Morgan fingerprint density at radius 1 is 1.16 bits per heavy atom. The predicted molar refractivity (Wildman–Crippen MR) is 123 cm³/mol. The quantitative estimate of drug-likeness (QED) is 0.564. The molecular formula is C26H32FN3O. The molecule has 0 atom stereocenters. The van der Waals surface area contributed by atoms with Crippen LogP contribution in [0.25, 0.3) is 10.9 Å². The van der Waals surface area contributed by atoms with Crippen molar-refractivity contribution < 1.29 is 9.18 Å². The van der Waals surface area contributed by atoms with E-state index < -0.39 is 0 Å². The smallest absolute Gasteiger partial charge is 0.220 e. The Kier molecular flexibility index (Phi) is 6.42. The van der Waals surface area contributed by atoms with E-state index >= 15 is 0 Å². The molecule has 1 saturated carbocycles. The Morgan fingerprint density at radius 2 is 1.94 bits per heavy atom. The van der Waals surface area contributed by atoms with E-state index in [-0.39, 0.29) is 17.3 Å². The molecule has 1 aliphatic rings. The lowest BCUT2D eigenvalue weighted by atomic mass is 9.71. The van der Waals surface area contributed by atoms with Gasteiger partial charge in [-0.15, -0.1) is 0 Å². The number of fused-ring (bicyclic) bond motifs is 1. The standard InChI is InChI=1S/C26H32FN3O/c1-30(2)26(21-6-5-7-22(27)17-21)13-10-19(11-14-26)16-25(31)28-15-12-20-18-29-24-9-4-3-8-23(20)24/h3-9,17-19,29H,10-16H2,1-2H3,(H,28,31). The molecular weight excluding hydrogens is 389 g/mol. The van der Waals surface area contributed by atoms with Crippen molar-refractivity contribution in [3.8, 4) is 0 Å². The molecule has 1 aliphatic carbocycles. The van der Waals surface area contributed by atoms with E-state index in [0.29, 0.717) is 18.9 Å². The van der Waals surface area contributed by atoms with Gasteiger partial charge in [-0.1, -0.05) is 30.3 Å². The number of amides is 1. The predicted octanol–water partition coefficient (Wildman–Crippen LogP) is 5.00. The van der Waals surface area contributed by atoms with Gasteiger partial charge in [-0.2, -0.15) is 0 Å². The fourth-order valence-electron chi connectivity index (χ4n) is 5.14. The van der Waals surface area contributed by atoms with Crippen LogP contribution in [0.15, 0.2) is 54.7 Å². The van der Waals surface area contributed by atoms with Gasteiger partial charge in [0.25, 0.3) is 0 Å². The summed E-state index contributed by atoms with van der Waals surface area (Å²) in [6, 6.07) is 15.2. The van der Waals surface area contributed by atoms with Crippen LogP contribution in [0, 0.1) is 11.7 Å². The molecule has 1 heterocycles. The van der Waals surface area contributed by atoms with E-state index in [4.69, 9.17) is 0 Å². The highest BCUT2D eigenvalue weighted by atomic mass is 19.1. The zero-order chi connectivity index (χ0) is 21.8.